The number of aromatic nitrogens is 2. The molecule has 0 fully saturated rings. The molecule has 2 heterocycles. The van der Waals surface area contributed by atoms with Gasteiger partial charge in [-0.15, -0.1) is 0 Å². The predicted molar refractivity (Wildman–Crippen MR) is 101 cm³/mol. The Labute approximate surface area is 151 Å². The van der Waals surface area contributed by atoms with Crippen LogP contribution in [0.25, 0.3) is 21.8 Å². The number of pyridine rings is 2. The molecule has 0 bridgehead atoms. The second-order valence-electron chi connectivity index (χ2n) is 6.26. The molecule has 0 radical (unpaired) electrons. The van der Waals surface area contributed by atoms with Crippen LogP contribution in [0.2, 0.25) is 0 Å². The summed E-state index contributed by atoms with van der Waals surface area (Å²) in [5.74, 6) is 0.792. The van der Waals surface area contributed by atoms with E-state index in [0.29, 0.717) is 5.56 Å². The molecular weight excluding hydrogens is 324 g/mol. The van der Waals surface area contributed by atoms with E-state index < -0.39 is 0 Å². The number of Topliss-reactive ketones (excluding diaryl/α,β-unsaturated/α-hetero) is 1. The number of fused-ring (bicyclic) bond motifs is 3. The van der Waals surface area contributed by atoms with Gasteiger partial charge in [-0.25, -0.2) is 4.98 Å². The van der Waals surface area contributed by atoms with Gasteiger partial charge in [0.1, 0.15) is 11.3 Å². The third kappa shape index (κ3) is 2.69. The third-order valence-electron chi connectivity index (χ3n) is 4.73. The fraction of sp³-hybridized carbons (Fsp3) is 0.136. The van der Waals surface area contributed by atoms with E-state index in [-0.39, 0.29) is 11.8 Å². The van der Waals surface area contributed by atoms with Gasteiger partial charge in [-0.05, 0) is 42.5 Å². The van der Waals surface area contributed by atoms with Gasteiger partial charge in [0, 0.05) is 35.5 Å². The van der Waals surface area contributed by atoms with Crippen molar-refractivity contribution in [1.82, 2.24) is 4.98 Å². The van der Waals surface area contributed by atoms with Crippen LogP contribution in [0.1, 0.15) is 23.3 Å². The second kappa shape index (κ2) is 6.56. The molecule has 0 aliphatic carbocycles. The molecule has 0 aliphatic rings. The summed E-state index contributed by atoms with van der Waals surface area (Å²) in [5, 5.41) is 2.12. The third-order valence-corrected chi connectivity index (χ3v) is 4.73. The number of methoxy groups -OCH3 is 1. The largest absolute Gasteiger partial charge is 0.497 e. The highest BCUT2D eigenvalue weighted by molar-refractivity contribution is 6.02. The summed E-state index contributed by atoms with van der Waals surface area (Å²) in [4.78, 5) is 17.6. The van der Waals surface area contributed by atoms with Crippen molar-refractivity contribution in [1.29, 1.82) is 0 Å². The Morgan fingerprint density at radius 2 is 1.73 bits per heavy atom. The van der Waals surface area contributed by atoms with Crippen molar-refractivity contribution in [3.63, 3.8) is 0 Å². The number of carbonyl (C=O) groups is 1. The highest BCUT2D eigenvalue weighted by Gasteiger charge is 2.27. The Morgan fingerprint density at radius 1 is 1.00 bits per heavy atom. The molecular formula is C22H19N2O2+. The van der Waals surface area contributed by atoms with Crippen LogP contribution in [0, 0.1) is 0 Å². The first-order chi connectivity index (χ1) is 12.7. The maximum absolute atomic E-state index is 13.0. The average molecular weight is 343 g/mol. The van der Waals surface area contributed by atoms with Crippen molar-refractivity contribution in [3.8, 4) is 5.75 Å². The summed E-state index contributed by atoms with van der Waals surface area (Å²) in [6.45, 7) is 1.92. The molecule has 4 heteroatoms. The van der Waals surface area contributed by atoms with Gasteiger partial charge in [0.2, 0.25) is 17.3 Å². The topological polar surface area (TPSA) is 43.1 Å². The van der Waals surface area contributed by atoms with Gasteiger partial charge in [-0.1, -0.05) is 12.1 Å². The number of hydrogen-bond acceptors (Lipinski definition) is 3. The van der Waals surface area contributed by atoms with Crippen LogP contribution in [0.5, 0.6) is 5.75 Å². The molecule has 0 amide bonds. The van der Waals surface area contributed by atoms with E-state index >= 15 is 0 Å². The zero-order valence-electron chi connectivity index (χ0n) is 14.7. The molecule has 1 atom stereocenters. The summed E-state index contributed by atoms with van der Waals surface area (Å²) in [7, 11) is 1.61. The molecule has 0 spiro atoms. The smallest absolute Gasteiger partial charge is 0.239 e. The quantitative estimate of drug-likeness (QED) is 0.318. The summed E-state index contributed by atoms with van der Waals surface area (Å²) < 4.78 is 7.19. The predicted octanol–water partition coefficient (Wildman–Crippen LogP) is 4.13. The molecule has 2 aromatic carbocycles. The number of benzene rings is 2. The van der Waals surface area contributed by atoms with Crippen LogP contribution in [-0.4, -0.2) is 17.9 Å². The molecule has 26 heavy (non-hydrogen) atoms. The van der Waals surface area contributed by atoms with Crippen molar-refractivity contribution >= 4 is 27.6 Å². The molecule has 0 saturated carbocycles. The number of rotatable bonds is 4. The molecule has 0 aliphatic heterocycles. The zero-order valence-corrected chi connectivity index (χ0v) is 14.7. The highest BCUT2D eigenvalue weighted by atomic mass is 16.5. The molecule has 0 unspecified atom stereocenters. The van der Waals surface area contributed by atoms with Gasteiger partial charge in [-0.2, -0.15) is 4.57 Å². The molecule has 4 nitrogen and oxygen atoms in total. The van der Waals surface area contributed by atoms with E-state index in [2.05, 4.69) is 17.1 Å². The van der Waals surface area contributed by atoms with Gasteiger partial charge in [0.05, 0.1) is 7.11 Å². The van der Waals surface area contributed by atoms with Crippen molar-refractivity contribution in [3.05, 3.63) is 78.6 Å². The molecule has 128 valence electrons. The van der Waals surface area contributed by atoms with Crippen molar-refractivity contribution < 1.29 is 14.1 Å². The van der Waals surface area contributed by atoms with E-state index in [1.165, 1.54) is 0 Å². The highest BCUT2D eigenvalue weighted by Crippen LogP contribution is 2.22. The Balaban J connectivity index is 1.84. The number of ether oxygens (including phenoxy) is 1. The van der Waals surface area contributed by atoms with Crippen molar-refractivity contribution in [2.45, 2.75) is 13.0 Å². The summed E-state index contributed by atoms with van der Waals surface area (Å²) in [6, 6.07) is 19.0. The summed E-state index contributed by atoms with van der Waals surface area (Å²) in [5.41, 5.74) is 2.54. The van der Waals surface area contributed by atoms with Crippen LogP contribution < -0.4 is 9.30 Å². The van der Waals surface area contributed by atoms with Gasteiger partial charge in [0.25, 0.3) is 0 Å². The van der Waals surface area contributed by atoms with E-state index in [1.54, 1.807) is 25.4 Å². The summed E-state index contributed by atoms with van der Waals surface area (Å²) >= 11 is 0. The van der Waals surface area contributed by atoms with Crippen molar-refractivity contribution in [2.75, 3.05) is 7.11 Å². The lowest BCUT2D eigenvalue weighted by molar-refractivity contribution is -0.678. The zero-order chi connectivity index (χ0) is 18.1. The van der Waals surface area contributed by atoms with Gasteiger partial charge >= 0.3 is 0 Å². The van der Waals surface area contributed by atoms with E-state index in [9.17, 15) is 4.79 Å². The number of hydrogen-bond donors (Lipinski definition) is 0. The average Bonchev–Trinajstić information content (AvgIpc) is 2.72. The minimum atomic E-state index is -0.347. The minimum absolute atomic E-state index is 0.0538. The van der Waals surface area contributed by atoms with Crippen LogP contribution in [0.4, 0.5) is 0 Å². The first-order valence-electron chi connectivity index (χ1n) is 8.55. The number of ketones is 1. The molecule has 0 N–H and O–H groups in total. The minimum Gasteiger partial charge on any atom is -0.497 e. The first kappa shape index (κ1) is 16.2. The fourth-order valence-corrected chi connectivity index (χ4v) is 3.31. The standard InChI is InChI=1S/C22H19N2O2/c1-15(22(25)18-9-11-19(26-2)12-10-18)24-14-4-6-17-8-7-16-5-3-13-23-20(16)21(17)24/h3-15H,1-2H3/q+1/t15-/m1/s1. The van der Waals surface area contributed by atoms with Crippen LogP contribution >= 0.6 is 0 Å². The lowest BCUT2D eigenvalue weighted by Gasteiger charge is -2.10. The monoisotopic (exact) mass is 343 g/mol. The maximum atomic E-state index is 13.0. The maximum Gasteiger partial charge on any atom is 0.239 e. The first-order valence-corrected chi connectivity index (χ1v) is 8.55. The lowest BCUT2D eigenvalue weighted by atomic mass is 10.0. The summed E-state index contributed by atoms with van der Waals surface area (Å²) in [6.07, 6.45) is 3.73. The molecule has 0 saturated heterocycles. The van der Waals surface area contributed by atoms with Crippen LogP contribution in [0.3, 0.4) is 0 Å². The SMILES string of the molecule is COc1ccc(C(=O)[C@@H](C)[n+]2cccc3ccc4cccnc4c32)cc1. The normalized spacial score (nSPS) is 12.2. The molecule has 2 aromatic heterocycles. The number of nitrogens with zero attached hydrogens (tertiary/aromatic N) is 2. The molecule has 4 rings (SSSR count). The molecule has 4 aromatic rings. The van der Waals surface area contributed by atoms with Gasteiger partial charge in [0.15, 0.2) is 6.20 Å². The van der Waals surface area contributed by atoms with Gasteiger partial charge < -0.3 is 4.74 Å². The van der Waals surface area contributed by atoms with Crippen molar-refractivity contribution in [2.24, 2.45) is 0 Å². The van der Waals surface area contributed by atoms with E-state index in [1.807, 2.05) is 54.1 Å². The Bertz CT molecular complexity index is 1100. The van der Waals surface area contributed by atoms with Gasteiger partial charge in [-0.3, -0.25) is 4.79 Å². The Hall–Kier alpha value is -3.27. The Kier molecular flexibility index (Phi) is 4.09. The number of carbonyl (C=O) groups excluding carboxylic acids is 1. The lowest BCUT2D eigenvalue weighted by Crippen LogP contribution is -2.42. The Morgan fingerprint density at radius 3 is 2.50 bits per heavy atom. The van der Waals surface area contributed by atoms with E-state index in [4.69, 9.17) is 4.74 Å². The van der Waals surface area contributed by atoms with Crippen LogP contribution in [-0.2, 0) is 0 Å². The van der Waals surface area contributed by atoms with E-state index in [0.717, 1.165) is 27.6 Å². The van der Waals surface area contributed by atoms with Crippen LogP contribution in [0.15, 0.2) is 73.1 Å². The second-order valence-corrected chi connectivity index (χ2v) is 6.26. The fourth-order valence-electron chi connectivity index (χ4n) is 3.31.